The Morgan fingerprint density at radius 2 is 1.88 bits per heavy atom. The molecule has 32 heavy (non-hydrogen) atoms. The van der Waals surface area contributed by atoms with Crippen LogP contribution < -0.4 is 19.7 Å². The van der Waals surface area contributed by atoms with Gasteiger partial charge in [0.05, 0.1) is 18.8 Å². The zero-order valence-electron chi connectivity index (χ0n) is 19.0. The van der Waals surface area contributed by atoms with Crippen LogP contribution in [0.25, 0.3) is 0 Å². The summed E-state index contributed by atoms with van der Waals surface area (Å²) in [4.78, 5) is 40.9. The van der Waals surface area contributed by atoms with Crippen LogP contribution in [0, 0.1) is 0 Å². The number of fused-ring (bicyclic) bond motifs is 1. The van der Waals surface area contributed by atoms with Crippen molar-refractivity contribution in [3.05, 3.63) is 53.6 Å². The molecule has 0 aliphatic carbocycles. The minimum Gasteiger partial charge on any atom is -0.497 e. The van der Waals surface area contributed by atoms with Crippen LogP contribution in [0.1, 0.15) is 35.8 Å². The number of hydrogen-bond donors (Lipinski definition) is 1. The molecule has 1 aliphatic rings. The van der Waals surface area contributed by atoms with Crippen LogP contribution in [0.2, 0.25) is 0 Å². The van der Waals surface area contributed by atoms with Gasteiger partial charge in [0.25, 0.3) is 5.91 Å². The number of nitrogens with zero attached hydrogens (tertiary/aromatic N) is 2. The molecule has 0 spiro atoms. The SMILES string of the molecule is COc1ccc(C(CNC(=O)C(C)N2C(=O)COc3ccc(C(C)=O)cc32)N(C)C)cc1. The van der Waals surface area contributed by atoms with Gasteiger partial charge in [-0.3, -0.25) is 19.3 Å². The van der Waals surface area contributed by atoms with Crippen molar-refractivity contribution in [1.29, 1.82) is 0 Å². The fraction of sp³-hybridized carbons (Fsp3) is 0.375. The van der Waals surface area contributed by atoms with E-state index in [1.165, 1.54) is 11.8 Å². The number of methoxy groups -OCH3 is 1. The molecule has 0 radical (unpaired) electrons. The van der Waals surface area contributed by atoms with Crippen LogP contribution in [0.15, 0.2) is 42.5 Å². The molecule has 1 N–H and O–H groups in total. The lowest BCUT2D eigenvalue weighted by Gasteiger charge is -2.34. The molecule has 3 rings (SSSR count). The van der Waals surface area contributed by atoms with Crippen molar-refractivity contribution in [2.45, 2.75) is 25.9 Å². The van der Waals surface area contributed by atoms with Gasteiger partial charge in [0.2, 0.25) is 5.91 Å². The number of carbonyl (C=O) groups excluding carboxylic acids is 3. The quantitative estimate of drug-likeness (QED) is 0.636. The summed E-state index contributed by atoms with van der Waals surface area (Å²) < 4.78 is 10.7. The summed E-state index contributed by atoms with van der Waals surface area (Å²) in [5, 5.41) is 2.96. The monoisotopic (exact) mass is 439 g/mol. The summed E-state index contributed by atoms with van der Waals surface area (Å²) in [6, 6.07) is 11.8. The number of ketones is 1. The van der Waals surface area contributed by atoms with Crippen LogP contribution in [-0.4, -0.2) is 62.9 Å². The minimum atomic E-state index is -0.772. The van der Waals surface area contributed by atoms with E-state index in [1.807, 2.05) is 43.3 Å². The molecule has 1 heterocycles. The molecule has 2 unspecified atom stereocenters. The number of likely N-dealkylation sites (N-methyl/N-ethyl adjacent to an activating group) is 1. The van der Waals surface area contributed by atoms with Crippen molar-refractivity contribution in [2.24, 2.45) is 0 Å². The van der Waals surface area contributed by atoms with E-state index in [-0.39, 0.29) is 30.2 Å². The van der Waals surface area contributed by atoms with E-state index in [0.717, 1.165) is 11.3 Å². The van der Waals surface area contributed by atoms with Crippen LogP contribution in [0.3, 0.4) is 0 Å². The van der Waals surface area contributed by atoms with E-state index >= 15 is 0 Å². The highest BCUT2D eigenvalue weighted by atomic mass is 16.5. The maximum absolute atomic E-state index is 13.0. The molecule has 0 saturated heterocycles. The first-order valence-corrected chi connectivity index (χ1v) is 10.4. The lowest BCUT2D eigenvalue weighted by atomic mass is 10.1. The Hall–Kier alpha value is -3.39. The molecule has 2 amide bonds. The number of anilines is 1. The van der Waals surface area contributed by atoms with E-state index in [2.05, 4.69) is 5.32 Å². The van der Waals surface area contributed by atoms with Gasteiger partial charge < -0.3 is 19.7 Å². The first-order valence-electron chi connectivity index (χ1n) is 10.4. The van der Waals surface area contributed by atoms with Gasteiger partial charge in [-0.15, -0.1) is 0 Å². The molecule has 0 bridgehead atoms. The summed E-state index contributed by atoms with van der Waals surface area (Å²) in [5.41, 5.74) is 1.91. The van der Waals surface area contributed by atoms with Crippen molar-refractivity contribution in [3.8, 4) is 11.5 Å². The second-order valence-corrected chi connectivity index (χ2v) is 7.96. The Labute approximate surface area is 188 Å². The molecule has 1 aliphatic heterocycles. The van der Waals surface area contributed by atoms with Crippen molar-refractivity contribution in [3.63, 3.8) is 0 Å². The van der Waals surface area contributed by atoms with Gasteiger partial charge in [-0.25, -0.2) is 0 Å². The number of benzene rings is 2. The first-order chi connectivity index (χ1) is 15.2. The van der Waals surface area contributed by atoms with E-state index in [0.29, 0.717) is 23.5 Å². The largest absolute Gasteiger partial charge is 0.497 e. The predicted molar refractivity (Wildman–Crippen MR) is 121 cm³/mol. The third-order valence-electron chi connectivity index (χ3n) is 5.61. The number of hydrogen-bond acceptors (Lipinski definition) is 6. The number of carbonyl (C=O) groups is 3. The van der Waals surface area contributed by atoms with Crippen LogP contribution in [0.4, 0.5) is 5.69 Å². The van der Waals surface area contributed by atoms with Crippen molar-refractivity contribution >= 4 is 23.3 Å². The standard InChI is InChI=1S/C24H29N3O5/c1-15(27-20-12-18(16(2)28)8-11-22(20)32-14-23(27)29)24(30)25-13-21(26(3)4)17-6-9-19(31-5)10-7-17/h6-12,15,21H,13-14H2,1-5H3,(H,25,30). The number of nitrogens with one attached hydrogen (secondary N) is 1. The Bertz CT molecular complexity index is 1000. The number of rotatable bonds is 8. The number of ether oxygens (including phenoxy) is 2. The fourth-order valence-corrected chi connectivity index (χ4v) is 3.70. The lowest BCUT2D eigenvalue weighted by molar-refractivity contribution is -0.127. The van der Waals surface area contributed by atoms with Crippen LogP contribution in [0.5, 0.6) is 11.5 Å². The molecule has 2 aromatic carbocycles. The maximum atomic E-state index is 13.0. The molecular weight excluding hydrogens is 410 g/mol. The maximum Gasteiger partial charge on any atom is 0.265 e. The highest BCUT2D eigenvalue weighted by Crippen LogP contribution is 2.34. The zero-order chi connectivity index (χ0) is 23.4. The Balaban J connectivity index is 1.77. The van der Waals surface area contributed by atoms with Gasteiger partial charge in [-0.2, -0.15) is 0 Å². The smallest absolute Gasteiger partial charge is 0.265 e. The summed E-state index contributed by atoms with van der Waals surface area (Å²) >= 11 is 0. The molecule has 2 atom stereocenters. The van der Waals surface area contributed by atoms with Gasteiger partial charge in [0.1, 0.15) is 17.5 Å². The molecule has 8 nitrogen and oxygen atoms in total. The van der Waals surface area contributed by atoms with Gasteiger partial charge in [0, 0.05) is 12.1 Å². The summed E-state index contributed by atoms with van der Waals surface area (Å²) in [7, 11) is 5.50. The van der Waals surface area contributed by atoms with Crippen molar-refractivity contribution < 1.29 is 23.9 Å². The molecule has 8 heteroatoms. The first kappa shape index (κ1) is 23.3. The van der Waals surface area contributed by atoms with Crippen molar-refractivity contribution in [1.82, 2.24) is 10.2 Å². The van der Waals surface area contributed by atoms with Gasteiger partial charge in [-0.05, 0) is 63.8 Å². The normalized spacial score (nSPS) is 14.9. The highest BCUT2D eigenvalue weighted by Gasteiger charge is 2.33. The zero-order valence-corrected chi connectivity index (χ0v) is 19.0. The average Bonchev–Trinajstić information content (AvgIpc) is 2.78. The number of Topliss-reactive ketones (excluding diaryl/α,β-unsaturated/α-hetero) is 1. The molecule has 0 aromatic heterocycles. The van der Waals surface area contributed by atoms with Gasteiger partial charge >= 0.3 is 0 Å². The van der Waals surface area contributed by atoms with Crippen LogP contribution >= 0.6 is 0 Å². The van der Waals surface area contributed by atoms with Gasteiger partial charge in [0.15, 0.2) is 12.4 Å². The lowest BCUT2D eigenvalue weighted by Crippen LogP contribution is -2.52. The van der Waals surface area contributed by atoms with E-state index < -0.39 is 6.04 Å². The van der Waals surface area contributed by atoms with Gasteiger partial charge in [-0.1, -0.05) is 12.1 Å². The topological polar surface area (TPSA) is 88.2 Å². The summed E-state index contributed by atoms with van der Waals surface area (Å²) in [5.74, 6) is 0.480. The molecule has 170 valence electrons. The second-order valence-electron chi connectivity index (χ2n) is 7.96. The molecular formula is C24H29N3O5. The second kappa shape index (κ2) is 9.82. The molecule has 0 fully saturated rings. The third-order valence-corrected chi connectivity index (χ3v) is 5.61. The van der Waals surface area contributed by atoms with Crippen molar-refractivity contribution in [2.75, 3.05) is 39.3 Å². The van der Waals surface area contributed by atoms with E-state index in [9.17, 15) is 14.4 Å². The predicted octanol–water partition coefficient (Wildman–Crippen LogP) is 2.43. The molecule has 2 aromatic rings. The minimum absolute atomic E-state index is 0.0611. The Morgan fingerprint density at radius 3 is 2.47 bits per heavy atom. The fourth-order valence-electron chi connectivity index (χ4n) is 3.70. The van der Waals surface area contributed by atoms with E-state index in [1.54, 1.807) is 32.2 Å². The van der Waals surface area contributed by atoms with Crippen LogP contribution in [-0.2, 0) is 9.59 Å². The number of amides is 2. The average molecular weight is 440 g/mol. The highest BCUT2D eigenvalue weighted by molar-refractivity contribution is 6.05. The van der Waals surface area contributed by atoms with E-state index in [4.69, 9.17) is 9.47 Å². The Kier molecular flexibility index (Phi) is 7.15. The summed E-state index contributed by atoms with van der Waals surface area (Å²) in [6.45, 7) is 3.33. The third kappa shape index (κ3) is 4.91. The summed E-state index contributed by atoms with van der Waals surface area (Å²) in [6.07, 6.45) is 0. The Morgan fingerprint density at radius 1 is 1.19 bits per heavy atom. The molecule has 0 saturated carbocycles.